The third kappa shape index (κ3) is 3.00. The summed E-state index contributed by atoms with van der Waals surface area (Å²) in [6.07, 6.45) is 0. The predicted octanol–water partition coefficient (Wildman–Crippen LogP) is 3.23. The van der Waals surface area contributed by atoms with Crippen molar-refractivity contribution >= 4 is 22.8 Å². The van der Waals surface area contributed by atoms with Gasteiger partial charge in [-0.05, 0) is 29.3 Å². The number of nitro groups is 1. The maximum atomic E-state index is 11.0. The summed E-state index contributed by atoms with van der Waals surface area (Å²) in [7, 11) is 1.47. The first-order chi connectivity index (χ1) is 9.11. The summed E-state index contributed by atoms with van der Waals surface area (Å²) >= 11 is 1.58. The van der Waals surface area contributed by atoms with Crippen molar-refractivity contribution in [3.8, 4) is 5.88 Å². The summed E-state index contributed by atoms with van der Waals surface area (Å²) in [6.45, 7) is 1.92. The number of hydrogen-bond acceptors (Lipinski definition) is 6. The van der Waals surface area contributed by atoms with Crippen molar-refractivity contribution in [3.05, 3.63) is 44.6 Å². The highest BCUT2D eigenvalue weighted by Gasteiger charge is 2.18. The van der Waals surface area contributed by atoms with E-state index in [-0.39, 0.29) is 17.5 Å². The third-order valence-corrected chi connectivity index (χ3v) is 3.35. The number of thiophene rings is 1. The molecule has 2 aromatic rings. The van der Waals surface area contributed by atoms with Crippen LogP contribution in [0, 0.1) is 10.1 Å². The zero-order valence-corrected chi connectivity index (χ0v) is 11.3. The highest BCUT2D eigenvalue weighted by atomic mass is 32.1. The quantitative estimate of drug-likeness (QED) is 0.671. The van der Waals surface area contributed by atoms with Gasteiger partial charge in [-0.15, -0.1) is 0 Å². The summed E-state index contributed by atoms with van der Waals surface area (Å²) in [4.78, 5) is 14.6. The van der Waals surface area contributed by atoms with Crippen LogP contribution in [-0.2, 0) is 0 Å². The second kappa shape index (κ2) is 5.66. The average molecular weight is 279 g/mol. The van der Waals surface area contributed by atoms with E-state index >= 15 is 0 Å². The van der Waals surface area contributed by atoms with Gasteiger partial charge < -0.3 is 10.1 Å². The zero-order valence-electron chi connectivity index (χ0n) is 10.5. The lowest BCUT2D eigenvalue weighted by Crippen LogP contribution is -2.09. The number of anilines is 1. The van der Waals surface area contributed by atoms with Crippen LogP contribution < -0.4 is 10.1 Å². The number of pyridine rings is 1. The molecule has 100 valence electrons. The predicted molar refractivity (Wildman–Crippen MR) is 73.8 cm³/mol. The molecular formula is C12H13N3O3S. The van der Waals surface area contributed by atoms with Gasteiger partial charge in [-0.3, -0.25) is 10.1 Å². The Morgan fingerprint density at radius 2 is 2.26 bits per heavy atom. The van der Waals surface area contributed by atoms with E-state index in [0.29, 0.717) is 5.88 Å². The first-order valence-electron chi connectivity index (χ1n) is 5.60. The van der Waals surface area contributed by atoms with Crippen LogP contribution in [0.25, 0.3) is 0 Å². The minimum absolute atomic E-state index is 0.0652. The van der Waals surface area contributed by atoms with Crippen LogP contribution in [0.5, 0.6) is 5.88 Å². The van der Waals surface area contributed by atoms with Crippen molar-refractivity contribution in [3.63, 3.8) is 0 Å². The van der Waals surface area contributed by atoms with Crippen molar-refractivity contribution in [1.29, 1.82) is 0 Å². The highest BCUT2D eigenvalue weighted by molar-refractivity contribution is 7.07. The fraction of sp³-hybridized carbons (Fsp3) is 0.250. The standard InChI is InChI=1S/C12H13N3O3S/c1-8(9-5-6-19-7-9)13-12-10(15(16)17)3-4-11(14-12)18-2/h3-8H,1-2H3,(H,13,14). The molecule has 0 saturated carbocycles. The average Bonchev–Trinajstić information content (AvgIpc) is 2.92. The Kier molecular flexibility index (Phi) is 3.96. The summed E-state index contributed by atoms with van der Waals surface area (Å²) in [6, 6.07) is 4.76. The Balaban J connectivity index is 2.29. The molecule has 2 heterocycles. The van der Waals surface area contributed by atoms with Gasteiger partial charge in [0.15, 0.2) is 0 Å². The van der Waals surface area contributed by atoms with Crippen molar-refractivity contribution in [2.45, 2.75) is 13.0 Å². The molecule has 1 unspecified atom stereocenters. The van der Waals surface area contributed by atoms with Crippen LogP contribution in [0.4, 0.5) is 11.5 Å². The molecule has 1 atom stereocenters. The Morgan fingerprint density at radius 1 is 1.47 bits per heavy atom. The molecule has 0 saturated heterocycles. The van der Waals surface area contributed by atoms with Crippen LogP contribution in [-0.4, -0.2) is 17.0 Å². The molecule has 0 spiro atoms. The van der Waals surface area contributed by atoms with Crippen molar-refractivity contribution < 1.29 is 9.66 Å². The lowest BCUT2D eigenvalue weighted by Gasteiger charge is -2.13. The van der Waals surface area contributed by atoms with E-state index in [0.717, 1.165) is 5.56 Å². The van der Waals surface area contributed by atoms with Crippen LogP contribution in [0.3, 0.4) is 0 Å². The number of nitrogens with zero attached hydrogens (tertiary/aromatic N) is 2. The molecule has 2 rings (SSSR count). The van der Waals surface area contributed by atoms with Gasteiger partial charge in [-0.2, -0.15) is 16.3 Å². The molecule has 2 aromatic heterocycles. The largest absolute Gasteiger partial charge is 0.481 e. The number of rotatable bonds is 5. The minimum atomic E-state index is -0.463. The van der Waals surface area contributed by atoms with E-state index < -0.39 is 4.92 Å². The fourth-order valence-electron chi connectivity index (χ4n) is 1.61. The normalized spacial score (nSPS) is 11.9. The van der Waals surface area contributed by atoms with E-state index in [2.05, 4.69) is 10.3 Å². The number of nitrogens with one attached hydrogen (secondary N) is 1. The monoisotopic (exact) mass is 279 g/mol. The van der Waals surface area contributed by atoms with Crippen molar-refractivity contribution in [2.24, 2.45) is 0 Å². The molecule has 0 amide bonds. The molecule has 7 heteroatoms. The maximum absolute atomic E-state index is 11.0. The smallest absolute Gasteiger partial charge is 0.311 e. The van der Waals surface area contributed by atoms with Gasteiger partial charge in [0.05, 0.1) is 18.1 Å². The Morgan fingerprint density at radius 3 is 2.84 bits per heavy atom. The molecule has 0 radical (unpaired) electrons. The molecule has 0 aliphatic carbocycles. The lowest BCUT2D eigenvalue weighted by atomic mass is 10.2. The Hall–Kier alpha value is -2.15. The summed E-state index contributed by atoms with van der Waals surface area (Å²) < 4.78 is 4.99. The number of ether oxygens (including phenoxy) is 1. The molecule has 6 nitrogen and oxygen atoms in total. The molecule has 19 heavy (non-hydrogen) atoms. The fourth-order valence-corrected chi connectivity index (χ4v) is 2.37. The third-order valence-electron chi connectivity index (χ3n) is 2.65. The van der Waals surface area contributed by atoms with Gasteiger partial charge in [0.25, 0.3) is 0 Å². The SMILES string of the molecule is COc1ccc([N+](=O)[O-])c(NC(C)c2ccsc2)n1. The molecule has 0 aromatic carbocycles. The summed E-state index contributed by atoms with van der Waals surface area (Å²) in [5.41, 5.74) is 0.992. The first-order valence-corrected chi connectivity index (χ1v) is 6.54. The van der Waals surface area contributed by atoms with Gasteiger partial charge >= 0.3 is 5.69 Å². The van der Waals surface area contributed by atoms with E-state index in [1.807, 2.05) is 23.8 Å². The van der Waals surface area contributed by atoms with E-state index in [9.17, 15) is 10.1 Å². The van der Waals surface area contributed by atoms with Gasteiger partial charge in [0, 0.05) is 12.1 Å². The number of aromatic nitrogens is 1. The molecule has 0 bridgehead atoms. The second-order valence-electron chi connectivity index (χ2n) is 3.90. The minimum Gasteiger partial charge on any atom is -0.481 e. The van der Waals surface area contributed by atoms with Crippen LogP contribution in [0.15, 0.2) is 29.0 Å². The van der Waals surface area contributed by atoms with Gasteiger partial charge in [-0.1, -0.05) is 0 Å². The van der Waals surface area contributed by atoms with E-state index in [1.54, 1.807) is 11.3 Å². The van der Waals surface area contributed by atoms with Gasteiger partial charge in [-0.25, -0.2) is 0 Å². The van der Waals surface area contributed by atoms with Crippen LogP contribution >= 0.6 is 11.3 Å². The number of hydrogen-bond donors (Lipinski definition) is 1. The van der Waals surface area contributed by atoms with E-state index in [1.165, 1.54) is 19.2 Å². The maximum Gasteiger partial charge on any atom is 0.311 e. The van der Waals surface area contributed by atoms with E-state index in [4.69, 9.17) is 4.74 Å². The highest BCUT2D eigenvalue weighted by Crippen LogP contribution is 2.28. The molecular weight excluding hydrogens is 266 g/mol. The lowest BCUT2D eigenvalue weighted by molar-refractivity contribution is -0.384. The zero-order chi connectivity index (χ0) is 13.8. The second-order valence-corrected chi connectivity index (χ2v) is 4.68. The molecule has 0 aliphatic rings. The van der Waals surface area contributed by atoms with Gasteiger partial charge in [0.2, 0.25) is 11.7 Å². The molecule has 1 N–H and O–H groups in total. The van der Waals surface area contributed by atoms with Crippen molar-refractivity contribution in [1.82, 2.24) is 4.98 Å². The summed E-state index contributed by atoms with van der Waals surface area (Å²) in [5.74, 6) is 0.550. The Labute approximate surface area is 114 Å². The van der Waals surface area contributed by atoms with Gasteiger partial charge in [0.1, 0.15) is 0 Å². The summed E-state index contributed by atoms with van der Waals surface area (Å²) in [5, 5.41) is 18.0. The Bertz CT molecular complexity index is 572. The number of methoxy groups -OCH3 is 1. The first kappa shape index (κ1) is 13.3. The van der Waals surface area contributed by atoms with Crippen LogP contribution in [0.1, 0.15) is 18.5 Å². The molecule has 0 fully saturated rings. The molecule has 0 aliphatic heterocycles. The topological polar surface area (TPSA) is 77.3 Å². The van der Waals surface area contributed by atoms with Crippen LogP contribution in [0.2, 0.25) is 0 Å². The van der Waals surface area contributed by atoms with Crippen molar-refractivity contribution in [2.75, 3.05) is 12.4 Å².